The molecule has 0 saturated carbocycles. The van der Waals surface area contributed by atoms with Gasteiger partial charge in [0.05, 0.1) is 15.5 Å². The lowest BCUT2D eigenvalue weighted by Gasteiger charge is -2.15. The molecule has 0 fully saturated rings. The minimum atomic E-state index is -0.0934. The van der Waals surface area contributed by atoms with Crippen LogP contribution in [0.25, 0.3) is 21.8 Å². The van der Waals surface area contributed by atoms with Crippen molar-refractivity contribution in [3.05, 3.63) is 65.1 Å². The number of benzene rings is 3. The van der Waals surface area contributed by atoms with Crippen molar-refractivity contribution in [3.8, 4) is 5.75 Å². The second-order valence-corrected chi connectivity index (χ2v) is 7.28. The predicted molar refractivity (Wildman–Crippen MR) is 109 cm³/mol. The minimum absolute atomic E-state index is 0.0276. The fourth-order valence-electron chi connectivity index (χ4n) is 3.57. The summed E-state index contributed by atoms with van der Waals surface area (Å²) in [6.07, 6.45) is 0. The van der Waals surface area contributed by atoms with Crippen LogP contribution in [0.5, 0.6) is 5.75 Å². The van der Waals surface area contributed by atoms with E-state index in [-0.39, 0.29) is 12.5 Å². The molecule has 6 heteroatoms. The van der Waals surface area contributed by atoms with Gasteiger partial charge in [0.15, 0.2) is 6.61 Å². The number of carbonyl (C=O) groups is 1. The van der Waals surface area contributed by atoms with E-state index in [1.54, 1.807) is 4.90 Å². The maximum absolute atomic E-state index is 12.8. The summed E-state index contributed by atoms with van der Waals surface area (Å²) in [5.41, 5.74) is 1.96. The van der Waals surface area contributed by atoms with Gasteiger partial charge < -0.3 is 9.30 Å². The van der Waals surface area contributed by atoms with Crippen LogP contribution in [-0.2, 0) is 11.3 Å². The number of anilines is 1. The Labute approximate surface area is 164 Å². The highest BCUT2D eigenvalue weighted by molar-refractivity contribution is 9.10. The Balaban J connectivity index is 1.37. The first kappa shape index (κ1) is 16.3. The molecule has 0 saturated heterocycles. The summed E-state index contributed by atoms with van der Waals surface area (Å²) in [6.45, 7) is 1.34. The van der Waals surface area contributed by atoms with Crippen molar-refractivity contribution in [1.82, 2.24) is 9.55 Å². The molecule has 5 nitrogen and oxygen atoms in total. The van der Waals surface area contributed by atoms with Gasteiger partial charge in [0, 0.05) is 13.1 Å². The number of imidazole rings is 1. The zero-order chi connectivity index (χ0) is 18.4. The van der Waals surface area contributed by atoms with Gasteiger partial charge in [0.25, 0.3) is 5.91 Å². The van der Waals surface area contributed by atoms with Gasteiger partial charge in [-0.2, -0.15) is 0 Å². The summed E-state index contributed by atoms with van der Waals surface area (Å²) < 4.78 is 8.78. The van der Waals surface area contributed by atoms with E-state index in [0.29, 0.717) is 18.2 Å². The minimum Gasteiger partial charge on any atom is -0.483 e. The summed E-state index contributed by atoms with van der Waals surface area (Å²) in [5, 5.41) is 2.18. The largest absolute Gasteiger partial charge is 0.483 e. The standard InChI is InChI=1S/C21H16BrN3O2/c22-20-15-6-2-1-5-14(15)9-10-18(20)27-13-19(26)25-12-11-24-17-8-4-3-7-16(17)23-21(24)25/h1-10H,11-13H2. The zero-order valence-corrected chi connectivity index (χ0v) is 16.0. The van der Waals surface area contributed by atoms with E-state index in [1.165, 1.54) is 0 Å². The molecule has 0 spiro atoms. The molecule has 1 aliphatic heterocycles. The number of hydrogen-bond donors (Lipinski definition) is 0. The number of rotatable bonds is 3. The van der Waals surface area contributed by atoms with Gasteiger partial charge in [-0.3, -0.25) is 9.69 Å². The van der Waals surface area contributed by atoms with E-state index in [9.17, 15) is 4.79 Å². The molecular weight excluding hydrogens is 406 g/mol. The number of halogens is 1. The molecule has 5 rings (SSSR count). The van der Waals surface area contributed by atoms with Gasteiger partial charge in [-0.05, 0) is 44.9 Å². The monoisotopic (exact) mass is 421 g/mol. The van der Waals surface area contributed by atoms with Crippen molar-refractivity contribution in [3.63, 3.8) is 0 Å². The smallest absolute Gasteiger partial charge is 0.267 e. The summed E-state index contributed by atoms with van der Waals surface area (Å²) in [5.74, 6) is 1.27. The third-order valence-corrected chi connectivity index (χ3v) is 5.72. The fourth-order valence-corrected chi connectivity index (χ4v) is 4.18. The van der Waals surface area contributed by atoms with Gasteiger partial charge in [0.1, 0.15) is 5.75 Å². The lowest BCUT2D eigenvalue weighted by molar-refractivity contribution is -0.120. The number of para-hydroxylation sites is 2. The van der Waals surface area contributed by atoms with E-state index in [0.717, 1.165) is 32.8 Å². The third kappa shape index (κ3) is 2.68. The second-order valence-electron chi connectivity index (χ2n) is 6.49. The molecule has 0 unspecified atom stereocenters. The van der Waals surface area contributed by atoms with Crippen LogP contribution < -0.4 is 9.64 Å². The van der Waals surface area contributed by atoms with Gasteiger partial charge >= 0.3 is 0 Å². The number of amides is 1. The summed E-state index contributed by atoms with van der Waals surface area (Å²) >= 11 is 3.60. The number of hydrogen-bond acceptors (Lipinski definition) is 3. The maximum Gasteiger partial charge on any atom is 0.267 e. The Hall–Kier alpha value is -2.86. The number of nitrogens with zero attached hydrogens (tertiary/aromatic N) is 3. The number of carbonyl (C=O) groups excluding carboxylic acids is 1. The van der Waals surface area contributed by atoms with Crippen molar-refractivity contribution in [2.24, 2.45) is 0 Å². The van der Waals surface area contributed by atoms with Gasteiger partial charge in [0.2, 0.25) is 5.95 Å². The summed E-state index contributed by atoms with van der Waals surface area (Å²) in [7, 11) is 0. The maximum atomic E-state index is 12.8. The van der Waals surface area contributed by atoms with Crippen molar-refractivity contribution in [2.45, 2.75) is 6.54 Å². The number of fused-ring (bicyclic) bond motifs is 4. The highest BCUT2D eigenvalue weighted by Gasteiger charge is 2.28. The average Bonchev–Trinajstić information content (AvgIpc) is 3.27. The lowest BCUT2D eigenvalue weighted by Crippen LogP contribution is -2.33. The van der Waals surface area contributed by atoms with Crippen LogP contribution in [0.3, 0.4) is 0 Å². The van der Waals surface area contributed by atoms with Crippen LogP contribution >= 0.6 is 15.9 Å². The predicted octanol–water partition coefficient (Wildman–Crippen LogP) is 4.38. The Bertz CT molecular complexity index is 1180. The van der Waals surface area contributed by atoms with E-state index in [2.05, 4.69) is 25.5 Å². The molecule has 3 aromatic carbocycles. The van der Waals surface area contributed by atoms with Crippen LogP contribution in [0.15, 0.2) is 65.1 Å². The molecule has 2 heterocycles. The molecule has 1 amide bonds. The second kappa shape index (κ2) is 6.39. The van der Waals surface area contributed by atoms with Crippen LogP contribution in [0.4, 0.5) is 5.95 Å². The number of aromatic nitrogens is 2. The van der Waals surface area contributed by atoms with Crippen LogP contribution in [-0.4, -0.2) is 28.6 Å². The Morgan fingerprint density at radius 3 is 2.78 bits per heavy atom. The summed E-state index contributed by atoms with van der Waals surface area (Å²) in [4.78, 5) is 19.1. The number of ether oxygens (including phenoxy) is 1. The van der Waals surface area contributed by atoms with E-state index in [4.69, 9.17) is 4.74 Å². The first-order valence-corrected chi connectivity index (χ1v) is 9.57. The van der Waals surface area contributed by atoms with E-state index in [1.807, 2.05) is 60.7 Å². The molecule has 0 aliphatic carbocycles. The Morgan fingerprint density at radius 2 is 1.85 bits per heavy atom. The molecule has 0 atom stereocenters. The molecule has 0 bridgehead atoms. The first-order chi connectivity index (χ1) is 13.2. The molecule has 0 radical (unpaired) electrons. The van der Waals surface area contributed by atoms with Crippen LogP contribution in [0, 0.1) is 0 Å². The molecule has 0 N–H and O–H groups in total. The van der Waals surface area contributed by atoms with E-state index < -0.39 is 0 Å². The van der Waals surface area contributed by atoms with Gasteiger partial charge in [-0.15, -0.1) is 0 Å². The van der Waals surface area contributed by atoms with Crippen LogP contribution in [0.1, 0.15) is 0 Å². The topological polar surface area (TPSA) is 47.4 Å². The SMILES string of the molecule is O=C(COc1ccc2ccccc2c1Br)N1CCn2c1nc1ccccc12. The third-order valence-electron chi connectivity index (χ3n) is 4.90. The quantitative estimate of drug-likeness (QED) is 0.493. The summed E-state index contributed by atoms with van der Waals surface area (Å²) in [6, 6.07) is 19.9. The van der Waals surface area contributed by atoms with Gasteiger partial charge in [-0.25, -0.2) is 4.98 Å². The molecule has 27 heavy (non-hydrogen) atoms. The Morgan fingerprint density at radius 1 is 1.04 bits per heavy atom. The molecule has 1 aromatic heterocycles. The molecular formula is C21H16BrN3O2. The Kier molecular flexibility index (Phi) is 3.86. The molecule has 134 valence electrons. The highest BCUT2D eigenvalue weighted by Crippen LogP contribution is 2.33. The lowest BCUT2D eigenvalue weighted by atomic mass is 10.1. The molecule has 4 aromatic rings. The highest BCUT2D eigenvalue weighted by atomic mass is 79.9. The fraction of sp³-hybridized carbons (Fsp3) is 0.143. The normalized spacial score (nSPS) is 13.3. The average molecular weight is 422 g/mol. The van der Waals surface area contributed by atoms with Crippen LogP contribution in [0.2, 0.25) is 0 Å². The first-order valence-electron chi connectivity index (χ1n) is 8.78. The van der Waals surface area contributed by atoms with E-state index >= 15 is 0 Å². The van der Waals surface area contributed by atoms with Gasteiger partial charge in [-0.1, -0.05) is 42.5 Å². The van der Waals surface area contributed by atoms with Crippen molar-refractivity contribution in [2.75, 3.05) is 18.1 Å². The van der Waals surface area contributed by atoms with Crippen molar-refractivity contribution < 1.29 is 9.53 Å². The molecule has 1 aliphatic rings. The zero-order valence-electron chi connectivity index (χ0n) is 14.4. The van der Waals surface area contributed by atoms with Crippen molar-refractivity contribution >= 4 is 49.6 Å². The van der Waals surface area contributed by atoms with Crippen molar-refractivity contribution in [1.29, 1.82) is 0 Å².